The van der Waals surface area contributed by atoms with Crippen LogP contribution in [0.2, 0.25) is 0 Å². The SMILES string of the molecule is c1ccc(-c2ccc(N(c3ccccc3)c3ccc(-n4c5ccccc5c5c6oc7c(ccc8c7c7ccccc7n8-c7cccc(-c8ccc9oc%10ccccc%10c9c8)c7)c6ccc54)cc3)cc2)cc1. The third-order valence-corrected chi connectivity index (χ3v) is 14.5. The molecule has 15 rings (SSSR count). The van der Waals surface area contributed by atoms with Gasteiger partial charge >= 0.3 is 0 Å². The van der Waals surface area contributed by atoms with Gasteiger partial charge in [-0.3, -0.25) is 0 Å². The Morgan fingerprint density at radius 3 is 1.44 bits per heavy atom. The minimum Gasteiger partial charge on any atom is -0.456 e. The van der Waals surface area contributed by atoms with Crippen LogP contribution in [0, 0.1) is 0 Å². The summed E-state index contributed by atoms with van der Waals surface area (Å²) in [4.78, 5) is 2.32. The topological polar surface area (TPSA) is 39.4 Å². The van der Waals surface area contributed by atoms with E-state index in [1.54, 1.807) is 0 Å². The second kappa shape index (κ2) is 15.5. The van der Waals surface area contributed by atoms with E-state index in [1.807, 2.05) is 12.1 Å². The van der Waals surface area contributed by atoms with E-state index < -0.39 is 0 Å². The van der Waals surface area contributed by atoms with Gasteiger partial charge in [0.25, 0.3) is 0 Å². The highest BCUT2D eigenvalue weighted by Crippen LogP contribution is 2.46. The van der Waals surface area contributed by atoms with Crippen LogP contribution in [0.15, 0.2) is 258 Å². The molecule has 0 bridgehead atoms. The molecule has 0 saturated heterocycles. The molecule has 0 atom stereocenters. The van der Waals surface area contributed by atoms with Crippen molar-refractivity contribution in [2.45, 2.75) is 0 Å². The molecule has 0 aliphatic carbocycles. The molecule has 15 aromatic rings. The molecule has 0 radical (unpaired) electrons. The van der Waals surface area contributed by atoms with E-state index in [-0.39, 0.29) is 0 Å². The molecular formula is C66H41N3O2. The van der Waals surface area contributed by atoms with Crippen LogP contribution in [-0.2, 0) is 0 Å². The Morgan fingerprint density at radius 2 is 0.761 bits per heavy atom. The summed E-state index contributed by atoms with van der Waals surface area (Å²) in [6, 6.07) is 89.0. The number of furan rings is 2. The van der Waals surface area contributed by atoms with Crippen molar-refractivity contribution in [3.63, 3.8) is 0 Å². The van der Waals surface area contributed by atoms with Crippen LogP contribution in [-0.4, -0.2) is 9.13 Å². The molecule has 0 saturated carbocycles. The van der Waals surface area contributed by atoms with Crippen LogP contribution < -0.4 is 4.90 Å². The molecule has 4 aromatic heterocycles. The van der Waals surface area contributed by atoms with Gasteiger partial charge < -0.3 is 22.9 Å². The molecule has 11 aromatic carbocycles. The first kappa shape index (κ1) is 39.4. The van der Waals surface area contributed by atoms with Gasteiger partial charge in [-0.25, -0.2) is 0 Å². The van der Waals surface area contributed by atoms with Crippen LogP contribution >= 0.6 is 0 Å². The van der Waals surface area contributed by atoms with Gasteiger partial charge in [0.15, 0.2) is 0 Å². The van der Waals surface area contributed by atoms with Crippen LogP contribution in [0.1, 0.15) is 0 Å². The van der Waals surface area contributed by atoms with E-state index in [0.29, 0.717) is 0 Å². The normalized spacial score (nSPS) is 11.9. The Labute approximate surface area is 407 Å². The van der Waals surface area contributed by atoms with Crippen molar-refractivity contribution in [1.29, 1.82) is 0 Å². The molecular weight excluding hydrogens is 867 g/mol. The smallest absolute Gasteiger partial charge is 0.145 e. The number of rotatable bonds is 7. The molecule has 0 aliphatic heterocycles. The van der Waals surface area contributed by atoms with Crippen LogP contribution in [0.5, 0.6) is 0 Å². The monoisotopic (exact) mass is 907 g/mol. The highest BCUT2D eigenvalue weighted by molar-refractivity contribution is 6.29. The predicted octanol–water partition coefficient (Wildman–Crippen LogP) is 18.5. The highest BCUT2D eigenvalue weighted by atomic mass is 16.3. The number of benzene rings is 11. The molecule has 0 amide bonds. The number of anilines is 3. The van der Waals surface area contributed by atoms with Crippen molar-refractivity contribution in [2.24, 2.45) is 0 Å². The van der Waals surface area contributed by atoms with E-state index in [0.717, 1.165) is 127 Å². The molecule has 332 valence electrons. The summed E-state index contributed by atoms with van der Waals surface area (Å²) in [5.41, 5.74) is 18.1. The lowest BCUT2D eigenvalue weighted by Crippen LogP contribution is -2.10. The minimum absolute atomic E-state index is 0.895. The second-order valence-corrected chi connectivity index (χ2v) is 18.4. The Balaban J connectivity index is 0.861. The molecule has 0 spiro atoms. The number of nitrogens with zero attached hydrogens (tertiary/aromatic N) is 3. The Bertz CT molecular complexity index is 4560. The summed E-state index contributed by atoms with van der Waals surface area (Å²) >= 11 is 0. The van der Waals surface area contributed by atoms with Crippen molar-refractivity contribution in [2.75, 3.05) is 4.90 Å². The number of para-hydroxylation sites is 4. The van der Waals surface area contributed by atoms with Gasteiger partial charge in [-0.1, -0.05) is 133 Å². The quantitative estimate of drug-likeness (QED) is 0.160. The van der Waals surface area contributed by atoms with Crippen molar-refractivity contribution in [3.05, 3.63) is 249 Å². The fourth-order valence-corrected chi connectivity index (χ4v) is 11.3. The zero-order valence-electron chi connectivity index (χ0n) is 38.3. The average Bonchev–Trinajstić information content (AvgIpc) is 4.20. The number of fused-ring (bicyclic) bond motifs is 14. The Morgan fingerprint density at radius 1 is 0.268 bits per heavy atom. The number of hydrogen-bond acceptors (Lipinski definition) is 3. The van der Waals surface area contributed by atoms with Gasteiger partial charge in [-0.05, 0) is 138 Å². The molecule has 0 N–H and O–H groups in total. The van der Waals surface area contributed by atoms with E-state index in [4.69, 9.17) is 8.83 Å². The van der Waals surface area contributed by atoms with Crippen molar-refractivity contribution >= 4 is 105 Å². The van der Waals surface area contributed by atoms with Crippen molar-refractivity contribution in [3.8, 4) is 33.6 Å². The second-order valence-electron chi connectivity index (χ2n) is 18.4. The fraction of sp³-hybridized carbons (Fsp3) is 0. The molecule has 0 unspecified atom stereocenters. The van der Waals surface area contributed by atoms with Gasteiger partial charge in [0, 0.05) is 60.8 Å². The van der Waals surface area contributed by atoms with E-state index in [9.17, 15) is 0 Å². The molecule has 4 heterocycles. The van der Waals surface area contributed by atoms with Gasteiger partial charge in [-0.2, -0.15) is 0 Å². The molecule has 0 fully saturated rings. The zero-order chi connectivity index (χ0) is 46.6. The van der Waals surface area contributed by atoms with Crippen molar-refractivity contribution < 1.29 is 8.83 Å². The predicted molar refractivity (Wildman–Crippen MR) is 295 cm³/mol. The van der Waals surface area contributed by atoms with Gasteiger partial charge in [0.05, 0.1) is 32.8 Å². The average molecular weight is 908 g/mol. The highest BCUT2D eigenvalue weighted by Gasteiger charge is 2.23. The molecule has 5 nitrogen and oxygen atoms in total. The maximum atomic E-state index is 7.30. The first-order chi connectivity index (χ1) is 35.2. The van der Waals surface area contributed by atoms with E-state index in [1.165, 1.54) is 11.1 Å². The summed E-state index contributed by atoms with van der Waals surface area (Å²) in [6.45, 7) is 0. The molecule has 5 heteroatoms. The van der Waals surface area contributed by atoms with Gasteiger partial charge in [-0.15, -0.1) is 0 Å². The zero-order valence-corrected chi connectivity index (χ0v) is 38.3. The first-order valence-corrected chi connectivity index (χ1v) is 24.2. The summed E-state index contributed by atoms with van der Waals surface area (Å²) in [7, 11) is 0. The lowest BCUT2D eigenvalue weighted by Gasteiger charge is -2.26. The maximum absolute atomic E-state index is 7.30. The third kappa shape index (κ3) is 6.06. The van der Waals surface area contributed by atoms with Crippen molar-refractivity contribution in [1.82, 2.24) is 9.13 Å². The largest absolute Gasteiger partial charge is 0.456 e. The third-order valence-electron chi connectivity index (χ3n) is 14.5. The van der Waals surface area contributed by atoms with Crippen LogP contribution in [0.3, 0.4) is 0 Å². The summed E-state index contributed by atoms with van der Waals surface area (Å²) < 4.78 is 18.2. The number of aromatic nitrogens is 2. The Hall–Kier alpha value is -9.58. The molecule has 71 heavy (non-hydrogen) atoms. The molecule has 0 aliphatic rings. The van der Waals surface area contributed by atoms with Gasteiger partial charge in [0.2, 0.25) is 0 Å². The number of hydrogen-bond donors (Lipinski definition) is 0. The first-order valence-electron chi connectivity index (χ1n) is 24.2. The standard InChI is InChI=1S/C66H41N3O2/c1-3-14-42(15-4-1)43-26-29-47(30-27-43)67(46-17-5-2-6-18-46)48-31-33-49(34-32-48)68-57-23-10-7-21-54(57)63-59(68)37-35-52-53-36-38-60-64(66(53)71-65(52)63)55-22-8-11-24-58(55)69(60)50-19-13-16-44(40-50)45-28-39-62-56(41-45)51-20-9-12-25-61(51)70-62/h1-41H. The lowest BCUT2D eigenvalue weighted by molar-refractivity contribution is 0.669. The van der Waals surface area contributed by atoms with Crippen LogP contribution in [0.25, 0.3) is 121 Å². The summed E-state index contributed by atoms with van der Waals surface area (Å²) in [6.07, 6.45) is 0. The fourth-order valence-electron chi connectivity index (χ4n) is 11.3. The van der Waals surface area contributed by atoms with Gasteiger partial charge in [0.1, 0.15) is 22.3 Å². The lowest BCUT2D eigenvalue weighted by atomic mass is 10.0. The maximum Gasteiger partial charge on any atom is 0.145 e. The summed E-state index contributed by atoms with van der Waals surface area (Å²) in [5.74, 6) is 0. The van der Waals surface area contributed by atoms with E-state index >= 15 is 0 Å². The Kier molecular flexibility index (Phi) is 8.59. The van der Waals surface area contributed by atoms with E-state index in [2.05, 4.69) is 251 Å². The minimum atomic E-state index is 0.895. The van der Waals surface area contributed by atoms with Crippen LogP contribution in [0.4, 0.5) is 17.1 Å². The summed E-state index contributed by atoms with van der Waals surface area (Å²) in [5, 5.41) is 8.97.